The molecule has 2 aliphatic heterocycles. The molecule has 0 aromatic heterocycles. The molecule has 2 heterocycles. The van der Waals surface area contributed by atoms with Crippen molar-refractivity contribution in [1.82, 2.24) is 0 Å². The van der Waals surface area contributed by atoms with E-state index in [9.17, 15) is 10.2 Å². The largest absolute Gasteiger partial charge is 2.00 e. The standard InChI is InChI=1S/C9H16NO.C9H9NO.Cu/c2*11-8-5-1-3-7-4-2-6-10-9(7)8;/h7-9,11H,1-6H2;1-5,10-11H,6H2;/q-1;;+2/p-1. The number of aliphatic hydroxyl groups is 1. The molecule has 1 saturated carbocycles. The summed E-state index contributed by atoms with van der Waals surface area (Å²) < 4.78 is 0. The Morgan fingerprint density at radius 2 is 2.00 bits per heavy atom. The van der Waals surface area contributed by atoms with Crippen molar-refractivity contribution in [3.05, 3.63) is 35.2 Å². The molecule has 1 aliphatic carbocycles. The summed E-state index contributed by atoms with van der Waals surface area (Å²) in [4.78, 5) is 0. The van der Waals surface area contributed by atoms with Crippen LogP contribution in [0.15, 0.2) is 24.3 Å². The molecule has 23 heavy (non-hydrogen) atoms. The monoisotopic (exact) mass is 363 g/mol. The van der Waals surface area contributed by atoms with E-state index < -0.39 is 0 Å². The van der Waals surface area contributed by atoms with Gasteiger partial charge in [-0.05, 0) is 12.0 Å². The van der Waals surface area contributed by atoms with Crippen LogP contribution in [0.1, 0.15) is 37.7 Å². The second kappa shape index (κ2) is 8.74. The fourth-order valence-electron chi connectivity index (χ4n) is 3.65. The van der Waals surface area contributed by atoms with E-state index in [4.69, 9.17) is 0 Å². The van der Waals surface area contributed by atoms with Crippen LogP contribution in [0.5, 0.6) is 5.75 Å². The number of rotatable bonds is 0. The molecule has 3 aliphatic rings. The zero-order valence-electron chi connectivity index (χ0n) is 13.2. The molecule has 0 bridgehead atoms. The Morgan fingerprint density at radius 1 is 1.17 bits per heavy atom. The maximum absolute atomic E-state index is 11.2. The third kappa shape index (κ3) is 4.51. The van der Waals surface area contributed by atoms with Crippen LogP contribution >= 0.6 is 0 Å². The van der Waals surface area contributed by atoms with Crippen molar-refractivity contribution in [2.24, 2.45) is 5.92 Å². The molecule has 4 nitrogen and oxygen atoms in total. The predicted octanol–water partition coefficient (Wildman–Crippen LogP) is 2.88. The van der Waals surface area contributed by atoms with Gasteiger partial charge in [-0.25, -0.2) is 0 Å². The molecule has 4 rings (SSSR count). The molecule has 2 N–H and O–H groups in total. The molecule has 1 radical (unpaired) electrons. The van der Waals surface area contributed by atoms with E-state index >= 15 is 0 Å². The molecule has 0 spiro atoms. The SMILES string of the molecule is OC1CCCC2CCC[N-]C12.[Cu+2].[O-]c1cccc2c1NCC=C2. The normalized spacial score (nSPS) is 28.1. The summed E-state index contributed by atoms with van der Waals surface area (Å²) in [7, 11) is 0. The molecule has 3 unspecified atom stereocenters. The van der Waals surface area contributed by atoms with Crippen molar-refractivity contribution >= 4 is 11.8 Å². The van der Waals surface area contributed by atoms with Crippen LogP contribution in [0.4, 0.5) is 5.69 Å². The first-order chi connectivity index (χ1) is 10.8. The summed E-state index contributed by atoms with van der Waals surface area (Å²) in [5, 5.41) is 28.3. The number of nitrogens with zero attached hydrogens (tertiary/aromatic N) is 1. The van der Waals surface area contributed by atoms with Gasteiger partial charge in [0.15, 0.2) is 0 Å². The zero-order valence-corrected chi connectivity index (χ0v) is 14.1. The third-order valence-electron chi connectivity index (χ3n) is 4.78. The summed E-state index contributed by atoms with van der Waals surface area (Å²) in [5.74, 6) is 0.791. The Labute approximate surface area is 148 Å². The van der Waals surface area contributed by atoms with Crippen molar-refractivity contribution in [2.75, 3.05) is 18.4 Å². The second-order valence-electron chi connectivity index (χ2n) is 6.30. The number of aliphatic hydroxyl groups excluding tert-OH is 1. The van der Waals surface area contributed by atoms with Crippen molar-refractivity contribution < 1.29 is 27.3 Å². The quantitative estimate of drug-likeness (QED) is 0.696. The summed E-state index contributed by atoms with van der Waals surface area (Å²) in [5.41, 5.74) is 1.72. The van der Waals surface area contributed by atoms with E-state index in [-0.39, 0.29) is 28.9 Å². The van der Waals surface area contributed by atoms with Crippen molar-refractivity contribution in [3.8, 4) is 5.75 Å². The Morgan fingerprint density at radius 3 is 2.78 bits per heavy atom. The van der Waals surface area contributed by atoms with Crippen molar-refractivity contribution in [1.29, 1.82) is 0 Å². The fourth-order valence-corrected chi connectivity index (χ4v) is 3.65. The Kier molecular flexibility index (Phi) is 6.97. The molecule has 0 amide bonds. The van der Waals surface area contributed by atoms with Crippen LogP contribution < -0.4 is 10.4 Å². The average Bonchev–Trinajstić information content (AvgIpc) is 2.57. The van der Waals surface area contributed by atoms with Gasteiger partial charge in [-0.1, -0.05) is 67.7 Å². The Balaban J connectivity index is 0.000000160. The minimum atomic E-state index is -0.117. The molecule has 1 saturated heterocycles. The first-order valence-electron chi connectivity index (χ1n) is 8.31. The van der Waals surface area contributed by atoms with E-state index in [1.165, 1.54) is 25.7 Å². The first kappa shape index (κ1) is 18.3. The molecule has 5 heteroatoms. The maximum atomic E-state index is 11.2. The van der Waals surface area contributed by atoms with Crippen molar-refractivity contribution in [3.63, 3.8) is 0 Å². The van der Waals surface area contributed by atoms with Gasteiger partial charge in [0.05, 0.1) is 0 Å². The minimum Gasteiger partial charge on any atom is -0.871 e. The average molecular weight is 364 g/mol. The van der Waals surface area contributed by atoms with Gasteiger partial charge >= 0.3 is 17.1 Å². The second-order valence-corrected chi connectivity index (χ2v) is 6.30. The smallest absolute Gasteiger partial charge is 0.871 e. The van der Waals surface area contributed by atoms with Crippen molar-refractivity contribution in [2.45, 2.75) is 44.2 Å². The molecule has 1 aromatic rings. The Hall–Kier alpha value is -1.00. The van der Waals surface area contributed by atoms with Gasteiger partial charge in [0, 0.05) is 18.3 Å². The van der Waals surface area contributed by atoms with E-state index in [2.05, 4.69) is 10.6 Å². The number of anilines is 1. The first-order valence-corrected chi connectivity index (χ1v) is 8.31. The fraction of sp³-hybridized carbons (Fsp3) is 0.556. The van der Waals surface area contributed by atoms with Gasteiger partial charge in [-0.2, -0.15) is 0 Å². The van der Waals surface area contributed by atoms with Crippen LogP contribution in [-0.4, -0.2) is 30.3 Å². The van der Waals surface area contributed by atoms with E-state index in [0.717, 1.165) is 30.8 Å². The van der Waals surface area contributed by atoms with Gasteiger partial charge in [-0.15, -0.1) is 12.6 Å². The number of hydrogen-bond donors (Lipinski definition) is 2. The molecule has 3 atom stereocenters. The molecule has 2 fully saturated rings. The topological polar surface area (TPSA) is 69.4 Å². The van der Waals surface area contributed by atoms with Gasteiger partial charge in [0.1, 0.15) is 0 Å². The number of piperidine rings is 1. The van der Waals surface area contributed by atoms with Gasteiger partial charge in [0.25, 0.3) is 0 Å². The van der Waals surface area contributed by atoms with Crippen LogP contribution in [0.3, 0.4) is 0 Å². The molecule has 1 aromatic carbocycles. The third-order valence-corrected chi connectivity index (χ3v) is 4.78. The zero-order chi connectivity index (χ0) is 15.4. The van der Waals surface area contributed by atoms with Crippen LogP contribution in [0, 0.1) is 5.92 Å². The van der Waals surface area contributed by atoms with Gasteiger partial charge < -0.3 is 20.8 Å². The van der Waals surface area contributed by atoms with Gasteiger partial charge in [0.2, 0.25) is 0 Å². The van der Waals surface area contributed by atoms with Crippen LogP contribution in [0.2, 0.25) is 0 Å². The molecular formula is C18H24CuN2O2. The summed E-state index contributed by atoms with van der Waals surface area (Å²) >= 11 is 0. The number of hydrogen-bond acceptors (Lipinski definition) is 3. The summed E-state index contributed by atoms with van der Waals surface area (Å²) in [6.07, 6.45) is 9.87. The molecule has 129 valence electrons. The predicted molar refractivity (Wildman–Crippen MR) is 88.0 cm³/mol. The van der Waals surface area contributed by atoms with E-state index in [1.807, 2.05) is 18.2 Å². The van der Waals surface area contributed by atoms with Crippen LogP contribution in [0.25, 0.3) is 11.4 Å². The van der Waals surface area contributed by atoms with Gasteiger partial charge in [-0.3, -0.25) is 0 Å². The summed E-state index contributed by atoms with van der Waals surface area (Å²) in [6.45, 7) is 1.74. The van der Waals surface area contributed by atoms with E-state index in [1.54, 1.807) is 12.1 Å². The molecular weight excluding hydrogens is 340 g/mol. The number of nitrogens with one attached hydrogen (secondary N) is 1. The number of para-hydroxylation sites is 1. The maximum Gasteiger partial charge on any atom is 2.00 e. The number of fused-ring (bicyclic) bond motifs is 2. The number of benzene rings is 1. The Bertz CT molecular complexity index is 534. The summed E-state index contributed by atoms with van der Waals surface area (Å²) in [6, 6.07) is 5.58. The van der Waals surface area contributed by atoms with Crippen LogP contribution in [-0.2, 0) is 17.1 Å². The van der Waals surface area contributed by atoms with E-state index in [0.29, 0.717) is 12.0 Å². The minimum absolute atomic E-state index is 0.